The van der Waals surface area contributed by atoms with E-state index in [9.17, 15) is 4.79 Å². The highest BCUT2D eigenvalue weighted by Crippen LogP contribution is 2.29. The van der Waals surface area contributed by atoms with Crippen LogP contribution in [0.15, 0.2) is 59.1 Å². The molecule has 8 nitrogen and oxygen atoms in total. The Morgan fingerprint density at radius 2 is 2.17 bits per heavy atom. The average molecular weight is 392 g/mol. The van der Waals surface area contributed by atoms with Crippen LogP contribution in [0.1, 0.15) is 23.8 Å². The molecule has 1 amide bonds. The van der Waals surface area contributed by atoms with Crippen LogP contribution >= 0.6 is 0 Å². The monoisotopic (exact) mass is 392 g/mol. The maximum atomic E-state index is 12.9. The molecule has 0 aliphatic carbocycles. The van der Waals surface area contributed by atoms with Crippen molar-refractivity contribution in [2.75, 3.05) is 25.9 Å². The van der Waals surface area contributed by atoms with Gasteiger partial charge >= 0.3 is 0 Å². The maximum absolute atomic E-state index is 12.9. The van der Waals surface area contributed by atoms with Crippen molar-refractivity contribution in [2.45, 2.75) is 13.3 Å². The number of benzene rings is 1. The van der Waals surface area contributed by atoms with Crippen molar-refractivity contribution in [3.05, 3.63) is 59.8 Å². The number of amides is 1. The number of carbonyl (C=O) groups is 1. The van der Waals surface area contributed by atoms with Crippen LogP contribution in [0.2, 0.25) is 0 Å². The Morgan fingerprint density at radius 1 is 1.38 bits per heavy atom. The molecule has 0 radical (unpaired) electrons. The van der Waals surface area contributed by atoms with E-state index in [0.29, 0.717) is 23.7 Å². The number of aliphatic imine (C=N–C) groups is 1. The van der Waals surface area contributed by atoms with Crippen LogP contribution in [0, 0.1) is 0 Å². The summed E-state index contributed by atoms with van der Waals surface area (Å²) in [5, 5.41) is 2.87. The largest absolute Gasteiger partial charge is 0.493 e. The molecular weight excluding hydrogens is 368 g/mol. The summed E-state index contributed by atoms with van der Waals surface area (Å²) < 4.78 is 5.99. The normalized spacial score (nSPS) is 17.9. The first-order valence-electron chi connectivity index (χ1n) is 9.21. The fourth-order valence-corrected chi connectivity index (χ4v) is 3.06. The van der Waals surface area contributed by atoms with E-state index in [1.165, 1.54) is 0 Å². The van der Waals surface area contributed by atoms with Gasteiger partial charge in [0.2, 0.25) is 0 Å². The molecule has 29 heavy (non-hydrogen) atoms. The fourth-order valence-electron chi connectivity index (χ4n) is 3.06. The van der Waals surface area contributed by atoms with Crippen LogP contribution in [0.25, 0.3) is 11.3 Å². The summed E-state index contributed by atoms with van der Waals surface area (Å²) in [6, 6.07) is 7.53. The van der Waals surface area contributed by atoms with Crippen molar-refractivity contribution >= 4 is 18.4 Å². The van der Waals surface area contributed by atoms with Gasteiger partial charge in [0, 0.05) is 31.1 Å². The van der Waals surface area contributed by atoms with Gasteiger partial charge < -0.3 is 20.7 Å². The van der Waals surface area contributed by atoms with Crippen molar-refractivity contribution < 1.29 is 9.53 Å². The topological polar surface area (TPSA) is 106 Å². The Bertz CT molecular complexity index is 983. The number of nitrogens with one attached hydrogen (secondary N) is 1. The molecule has 8 heteroatoms. The summed E-state index contributed by atoms with van der Waals surface area (Å²) in [6.07, 6.45) is 5.69. The number of aromatic nitrogens is 2. The van der Waals surface area contributed by atoms with Crippen LogP contribution in [0.5, 0.6) is 5.75 Å². The number of ether oxygens (including phenoxy) is 1. The lowest BCUT2D eigenvalue weighted by Crippen LogP contribution is -2.29. The Hall–Kier alpha value is -3.68. The number of hydrogen-bond donors (Lipinski definition) is 2. The number of fused-ring (bicyclic) bond motifs is 4. The number of likely N-dealkylation sites (N-methyl/N-ethyl adjacent to an activating group) is 1. The van der Waals surface area contributed by atoms with Crippen LogP contribution in [-0.4, -0.2) is 47.7 Å². The van der Waals surface area contributed by atoms with Crippen molar-refractivity contribution in [2.24, 2.45) is 4.99 Å². The second-order valence-corrected chi connectivity index (χ2v) is 6.57. The molecule has 0 saturated carbocycles. The van der Waals surface area contributed by atoms with Gasteiger partial charge in [-0.05, 0) is 38.3 Å². The Balaban J connectivity index is 2.09. The zero-order valence-corrected chi connectivity index (χ0v) is 16.6. The van der Waals surface area contributed by atoms with Gasteiger partial charge in [-0.15, -0.1) is 0 Å². The van der Waals surface area contributed by atoms with Gasteiger partial charge in [-0.25, -0.2) is 9.97 Å². The van der Waals surface area contributed by atoms with Gasteiger partial charge in [-0.3, -0.25) is 9.79 Å². The number of allylic oxidation sites excluding steroid dienone is 2. The molecule has 1 aliphatic heterocycles. The quantitative estimate of drug-likeness (QED) is 0.761. The van der Waals surface area contributed by atoms with Crippen molar-refractivity contribution in [3.63, 3.8) is 0 Å². The first-order chi connectivity index (χ1) is 14.0. The minimum Gasteiger partial charge on any atom is -0.493 e. The van der Waals surface area contributed by atoms with Crippen LogP contribution in [0.4, 0.5) is 5.82 Å². The molecule has 2 heterocycles. The second-order valence-electron chi connectivity index (χ2n) is 6.57. The van der Waals surface area contributed by atoms with Crippen molar-refractivity contribution in [3.8, 4) is 17.0 Å². The van der Waals surface area contributed by atoms with Crippen LogP contribution in [-0.2, 0) is 0 Å². The van der Waals surface area contributed by atoms with Gasteiger partial charge in [0.15, 0.2) is 11.5 Å². The van der Waals surface area contributed by atoms with E-state index in [1.54, 1.807) is 18.5 Å². The molecule has 0 atom stereocenters. The van der Waals surface area contributed by atoms with Crippen LogP contribution < -0.4 is 15.8 Å². The minimum atomic E-state index is -0.435. The molecule has 0 unspecified atom stereocenters. The lowest BCUT2D eigenvalue weighted by molar-refractivity contribution is 0.0960. The third kappa shape index (κ3) is 4.60. The van der Waals surface area contributed by atoms with Gasteiger partial charge in [-0.1, -0.05) is 12.1 Å². The number of nitrogens with zero attached hydrogens (tertiary/aromatic N) is 4. The van der Waals surface area contributed by atoms with Gasteiger partial charge in [0.05, 0.1) is 24.2 Å². The lowest BCUT2D eigenvalue weighted by Gasteiger charge is -2.23. The zero-order chi connectivity index (χ0) is 20.8. The van der Waals surface area contributed by atoms with E-state index >= 15 is 0 Å². The molecule has 150 valence electrons. The van der Waals surface area contributed by atoms with Crippen molar-refractivity contribution in [1.82, 2.24) is 20.2 Å². The molecule has 0 saturated heterocycles. The fraction of sp³-hybridized carbons (Fsp3) is 0.238. The zero-order valence-electron chi connectivity index (χ0n) is 16.6. The summed E-state index contributed by atoms with van der Waals surface area (Å²) in [6.45, 7) is 6.52. The first-order valence-corrected chi connectivity index (χ1v) is 9.21. The highest BCUT2D eigenvalue weighted by molar-refractivity contribution is 5.97. The molecule has 3 rings (SSSR count). The first kappa shape index (κ1) is 20.1. The number of rotatable bonds is 2. The summed E-state index contributed by atoms with van der Waals surface area (Å²) in [5.74, 6) is 0.304. The molecule has 1 aromatic carbocycles. The number of carbonyl (C=O) groups excluding carboxylic acids is 1. The van der Waals surface area contributed by atoms with E-state index in [4.69, 9.17) is 10.5 Å². The molecule has 0 fully saturated rings. The Morgan fingerprint density at radius 3 is 2.97 bits per heavy atom. The van der Waals surface area contributed by atoms with E-state index in [0.717, 1.165) is 24.2 Å². The molecular formula is C21H24N6O2. The summed E-state index contributed by atoms with van der Waals surface area (Å²) in [4.78, 5) is 27.3. The molecule has 2 aromatic rings. The third-order valence-corrected chi connectivity index (χ3v) is 4.51. The Kier molecular flexibility index (Phi) is 6.23. The van der Waals surface area contributed by atoms with E-state index in [2.05, 4.69) is 27.0 Å². The summed E-state index contributed by atoms with van der Waals surface area (Å²) in [5.41, 5.74) is 8.71. The minimum absolute atomic E-state index is 0.0570. The summed E-state index contributed by atoms with van der Waals surface area (Å²) >= 11 is 0. The highest BCUT2D eigenvalue weighted by atomic mass is 16.5. The van der Waals surface area contributed by atoms with Crippen molar-refractivity contribution in [1.29, 1.82) is 0 Å². The predicted molar refractivity (Wildman–Crippen MR) is 113 cm³/mol. The SMILES string of the molecule is C=N/C=C\C1=C(/C)NC(=O)c2nc(cnc2N)-c2ccccc2OCCCN1C. The Labute approximate surface area is 169 Å². The molecule has 1 aliphatic rings. The lowest BCUT2D eigenvalue weighted by atomic mass is 10.1. The third-order valence-electron chi connectivity index (χ3n) is 4.51. The number of hydrogen-bond acceptors (Lipinski definition) is 7. The van der Waals surface area contributed by atoms with Crippen LogP contribution in [0.3, 0.4) is 0 Å². The molecule has 1 aromatic heterocycles. The summed E-state index contributed by atoms with van der Waals surface area (Å²) in [7, 11) is 1.94. The smallest absolute Gasteiger partial charge is 0.277 e. The van der Waals surface area contributed by atoms with Gasteiger partial charge in [0.1, 0.15) is 5.75 Å². The van der Waals surface area contributed by atoms with Gasteiger partial charge in [0.25, 0.3) is 5.91 Å². The van der Waals surface area contributed by atoms with Gasteiger partial charge in [-0.2, -0.15) is 0 Å². The second kappa shape index (κ2) is 9.01. The number of nitrogen functional groups attached to an aromatic ring is 1. The number of nitrogens with two attached hydrogens (primary N) is 1. The molecule has 2 bridgehead atoms. The van der Waals surface area contributed by atoms with E-state index < -0.39 is 5.91 Å². The molecule has 3 N–H and O–H groups in total. The van der Waals surface area contributed by atoms with E-state index in [1.807, 2.05) is 43.1 Å². The standard InChI is InChI=1S/C21H24N6O2/c1-14-17(9-10-23-2)27(3)11-6-12-29-18-8-5-4-7-15(18)16-13-24-20(22)19(26-16)21(28)25-14/h4-5,7-10,13H,2,6,11-12H2,1,3H3,(H2,22,24)(H,25,28)/b10-9-,17-14-. The predicted octanol–water partition coefficient (Wildman–Crippen LogP) is 2.62. The maximum Gasteiger partial charge on any atom is 0.277 e. The average Bonchev–Trinajstić information content (AvgIpc) is 2.71. The number of para-hydroxylation sites is 1. The van der Waals surface area contributed by atoms with E-state index in [-0.39, 0.29) is 11.5 Å². The highest BCUT2D eigenvalue weighted by Gasteiger charge is 2.18. The number of anilines is 1. The molecule has 0 spiro atoms.